The Morgan fingerprint density at radius 2 is 1.63 bits per heavy atom. The Hall–Kier alpha value is -4.12. The number of para-hydroxylation sites is 1. The second-order valence-electron chi connectivity index (χ2n) is 11.3. The van der Waals surface area contributed by atoms with Gasteiger partial charge in [-0.15, -0.1) is 0 Å². The molecule has 10 nitrogen and oxygen atoms in total. The number of piperidine rings is 1. The van der Waals surface area contributed by atoms with E-state index in [2.05, 4.69) is 11.4 Å². The van der Waals surface area contributed by atoms with Crippen molar-refractivity contribution in [1.82, 2.24) is 10.2 Å². The SMILES string of the molecule is COCCCc1ccccc1CNC(=O)COC1CN(C(=O)O)CCC1c1ccc(OCCCOCc2ccccc2OC)cc1. The van der Waals surface area contributed by atoms with Crippen LogP contribution in [0.15, 0.2) is 72.8 Å². The highest BCUT2D eigenvalue weighted by molar-refractivity contribution is 5.77. The monoisotopic (exact) mass is 634 g/mol. The van der Waals surface area contributed by atoms with E-state index >= 15 is 0 Å². The largest absolute Gasteiger partial charge is 0.496 e. The van der Waals surface area contributed by atoms with E-state index < -0.39 is 12.2 Å². The van der Waals surface area contributed by atoms with Crippen LogP contribution in [0.4, 0.5) is 4.79 Å². The third kappa shape index (κ3) is 10.8. The summed E-state index contributed by atoms with van der Waals surface area (Å²) in [6.45, 7) is 3.08. The number of benzene rings is 3. The lowest BCUT2D eigenvalue weighted by atomic mass is 9.87. The molecular formula is C36H46N2O8. The zero-order chi connectivity index (χ0) is 32.6. The standard InChI is InChI=1S/C36H46N2O8/c1-42-20-7-12-27-9-3-4-10-29(27)23-37-35(39)26-46-34-24-38(36(40)41)19-18-32(34)28-14-16-31(17-15-28)45-22-8-21-44-25-30-11-5-6-13-33(30)43-2/h3-6,9-11,13-17,32,34H,7-8,12,18-26H2,1-2H3,(H,37,39)(H,40,41). The summed E-state index contributed by atoms with van der Waals surface area (Å²) in [6, 6.07) is 23.6. The summed E-state index contributed by atoms with van der Waals surface area (Å²) in [5, 5.41) is 12.6. The van der Waals surface area contributed by atoms with Crippen molar-refractivity contribution in [2.24, 2.45) is 0 Å². The second-order valence-corrected chi connectivity index (χ2v) is 11.3. The minimum atomic E-state index is -0.989. The predicted molar refractivity (Wildman–Crippen MR) is 174 cm³/mol. The topological polar surface area (TPSA) is 116 Å². The first-order valence-corrected chi connectivity index (χ1v) is 15.8. The van der Waals surface area contributed by atoms with E-state index in [1.807, 2.05) is 66.7 Å². The first-order valence-electron chi connectivity index (χ1n) is 15.8. The fourth-order valence-corrected chi connectivity index (χ4v) is 5.62. The maximum atomic E-state index is 12.8. The predicted octanol–water partition coefficient (Wildman–Crippen LogP) is 5.43. The number of hydrogen-bond acceptors (Lipinski definition) is 7. The Bertz CT molecular complexity index is 1370. The van der Waals surface area contributed by atoms with Gasteiger partial charge in [0.15, 0.2) is 0 Å². The van der Waals surface area contributed by atoms with Gasteiger partial charge in [-0.1, -0.05) is 54.6 Å². The highest BCUT2D eigenvalue weighted by Gasteiger charge is 2.33. The van der Waals surface area contributed by atoms with Crippen LogP contribution in [0.1, 0.15) is 47.4 Å². The second kappa shape index (κ2) is 18.8. The molecule has 1 aliphatic heterocycles. The average molecular weight is 635 g/mol. The number of nitrogens with zero attached hydrogens (tertiary/aromatic N) is 1. The van der Waals surface area contributed by atoms with Crippen molar-refractivity contribution >= 4 is 12.0 Å². The zero-order valence-electron chi connectivity index (χ0n) is 26.8. The third-order valence-electron chi connectivity index (χ3n) is 8.11. The van der Waals surface area contributed by atoms with Crippen LogP contribution in [0.2, 0.25) is 0 Å². The summed E-state index contributed by atoms with van der Waals surface area (Å²) in [5.41, 5.74) is 4.26. The zero-order valence-corrected chi connectivity index (χ0v) is 26.8. The van der Waals surface area contributed by atoms with E-state index in [9.17, 15) is 14.7 Å². The van der Waals surface area contributed by atoms with Crippen molar-refractivity contribution in [3.63, 3.8) is 0 Å². The quantitative estimate of drug-likeness (QED) is 0.178. The van der Waals surface area contributed by atoms with Gasteiger partial charge >= 0.3 is 6.09 Å². The summed E-state index contributed by atoms with van der Waals surface area (Å²) in [4.78, 5) is 25.9. The maximum absolute atomic E-state index is 12.8. The van der Waals surface area contributed by atoms with E-state index in [1.165, 1.54) is 10.5 Å². The Labute approximate surface area is 271 Å². The fourth-order valence-electron chi connectivity index (χ4n) is 5.62. The summed E-state index contributed by atoms with van der Waals surface area (Å²) >= 11 is 0. The van der Waals surface area contributed by atoms with Gasteiger partial charge in [-0.05, 0) is 54.2 Å². The molecule has 0 spiro atoms. The van der Waals surface area contributed by atoms with Crippen LogP contribution in [-0.4, -0.2) is 81.8 Å². The molecular weight excluding hydrogens is 588 g/mol. The highest BCUT2D eigenvalue weighted by Crippen LogP contribution is 2.32. The van der Waals surface area contributed by atoms with Crippen molar-refractivity contribution < 1.29 is 38.4 Å². The molecule has 4 rings (SSSR count). The van der Waals surface area contributed by atoms with Crippen molar-refractivity contribution in [1.29, 1.82) is 0 Å². The lowest BCUT2D eigenvalue weighted by molar-refractivity contribution is -0.129. The Morgan fingerprint density at radius 1 is 0.891 bits per heavy atom. The van der Waals surface area contributed by atoms with Crippen LogP contribution in [0, 0.1) is 0 Å². The molecule has 1 heterocycles. The number of amides is 2. The third-order valence-corrected chi connectivity index (χ3v) is 8.11. The van der Waals surface area contributed by atoms with E-state index in [1.54, 1.807) is 14.2 Å². The number of rotatable bonds is 18. The number of likely N-dealkylation sites (tertiary alicyclic amines) is 1. The Morgan fingerprint density at radius 3 is 2.37 bits per heavy atom. The minimum absolute atomic E-state index is 0.0534. The van der Waals surface area contributed by atoms with Gasteiger partial charge in [0.25, 0.3) is 0 Å². The normalized spacial score (nSPS) is 16.2. The minimum Gasteiger partial charge on any atom is -0.496 e. The van der Waals surface area contributed by atoms with Gasteiger partial charge in [0, 0.05) is 44.7 Å². The first kappa shape index (κ1) is 34.7. The molecule has 2 unspecified atom stereocenters. The van der Waals surface area contributed by atoms with Crippen LogP contribution >= 0.6 is 0 Å². The molecule has 248 valence electrons. The fraction of sp³-hybridized carbons (Fsp3) is 0.444. The van der Waals surface area contributed by atoms with Gasteiger partial charge in [-0.25, -0.2) is 4.79 Å². The summed E-state index contributed by atoms with van der Waals surface area (Å²) < 4.78 is 28.3. The number of aryl methyl sites for hydroxylation is 1. The molecule has 0 radical (unpaired) electrons. The maximum Gasteiger partial charge on any atom is 0.407 e. The molecule has 1 aliphatic rings. The molecule has 0 aromatic heterocycles. The van der Waals surface area contributed by atoms with E-state index in [4.69, 9.17) is 23.7 Å². The molecule has 1 saturated heterocycles. The van der Waals surface area contributed by atoms with Crippen molar-refractivity contribution in [2.45, 2.75) is 50.9 Å². The van der Waals surface area contributed by atoms with Crippen LogP contribution in [-0.2, 0) is 38.6 Å². The summed E-state index contributed by atoms with van der Waals surface area (Å²) in [7, 11) is 3.34. The molecule has 0 saturated carbocycles. The molecule has 0 aliphatic carbocycles. The van der Waals surface area contributed by atoms with Crippen molar-refractivity contribution in [3.05, 3.63) is 95.1 Å². The first-order chi connectivity index (χ1) is 22.5. The van der Waals surface area contributed by atoms with Gasteiger partial charge in [-0.3, -0.25) is 4.79 Å². The molecule has 3 aromatic carbocycles. The lowest BCUT2D eigenvalue weighted by Crippen LogP contribution is -2.47. The van der Waals surface area contributed by atoms with Crippen molar-refractivity contribution in [3.8, 4) is 11.5 Å². The molecule has 2 atom stereocenters. The van der Waals surface area contributed by atoms with Crippen LogP contribution in [0.5, 0.6) is 11.5 Å². The number of hydrogen-bond donors (Lipinski definition) is 2. The van der Waals surface area contributed by atoms with Gasteiger partial charge in [0.1, 0.15) is 18.1 Å². The number of carbonyl (C=O) groups is 2. The van der Waals surface area contributed by atoms with Crippen LogP contribution in [0.25, 0.3) is 0 Å². The van der Waals surface area contributed by atoms with Gasteiger partial charge < -0.3 is 39.0 Å². The highest BCUT2D eigenvalue weighted by atomic mass is 16.5. The molecule has 0 bridgehead atoms. The number of ether oxygens (including phenoxy) is 5. The lowest BCUT2D eigenvalue weighted by Gasteiger charge is -2.37. The summed E-state index contributed by atoms with van der Waals surface area (Å²) in [5.74, 6) is 1.27. The number of nitrogens with one attached hydrogen (secondary N) is 1. The van der Waals surface area contributed by atoms with Gasteiger partial charge in [0.2, 0.25) is 5.91 Å². The van der Waals surface area contributed by atoms with Crippen LogP contribution < -0.4 is 14.8 Å². The van der Waals surface area contributed by atoms with Gasteiger partial charge in [-0.2, -0.15) is 0 Å². The molecule has 2 amide bonds. The van der Waals surface area contributed by atoms with Gasteiger partial charge in [0.05, 0.1) is 39.6 Å². The number of carboxylic acid groups (broad SMARTS) is 1. The Balaban J connectivity index is 1.24. The van der Waals surface area contributed by atoms with Crippen molar-refractivity contribution in [2.75, 3.05) is 53.7 Å². The van der Waals surface area contributed by atoms with Crippen LogP contribution in [0.3, 0.4) is 0 Å². The van der Waals surface area contributed by atoms with E-state index in [-0.39, 0.29) is 25.0 Å². The number of methoxy groups -OCH3 is 2. The molecule has 2 N–H and O–H groups in total. The Kier molecular flexibility index (Phi) is 14.2. The summed E-state index contributed by atoms with van der Waals surface area (Å²) in [6.07, 6.45) is 1.66. The number of carbonyl (C=O) groups excluding carboxylic acids is 1. The molecule has 1 fully saturated rings. The smallest absolute Gasteiger partial charge is 0.407 e. The molecule has 10 heteroatoms. The van der Waals surface area contributed by atoms with E-state index in [0.29, 0.717) is 45.9 Å². The molecule has 46 heavy (non-hydrogen) atoms. The van der Waals surface area contributed by atoms with E-state index in [0.717, 1.165) is 47.5 Å². The molecule has 3 aromatic rings. The average Bonchev–Trinajstić information content (AvgIpc) is 3.08.